The third kappa shape index (κ3) is 4.93. The number of hydrogen-bond donors (Lipinski definition) is 3. The summed E-state index contributed by atoms with van der Waals surface area (Å²) in [5.74, 6) is 0.0260. The molecule has 4 nitrogen and oxygen atoms in total. The van der Waals surface area contributed by atoms with Crippen molar-refractivity contribution < 1.29 is 9.90 Å². The zero-order chi connectivity index (χ0) is 15.1. The van der Waals surface area contributed by atoms with Gasteiger partial charge in [-0.2, -0.15) is 0 Å². The van der Waals surface area contributed by atoms with Crippen molar-refractivity contribution in [3.63, 3.8) is 0 Å². The molecule has 0 spiro atoms. The van der Waals surface area contributed by atoms with Crippen molar-refractivity contribution in [1.29, 1.82) is 0 Å². The number of aliphatic hydroxyl groups is 1. The Kier molecular flexibility index (Phi) is 5.35. The van der Waals surface area contributed by atoms with Gasteiger partial charge in [0, 0.05) is 18.7 Å². The first kappa shape index (κ1) is 15.1. The lowest BCUT2D eigenvalue weighted by atomic mass is 10.1. The van der Waals surface area contributed by atoms with Crippen LogP contribution in [-0.2, 0) is 24.4 Å². The smallest absolute Gasteiger partial charge is 0.220 e. The summed E-state index contributed by atoms with van der Waals surface area (Å²) in [6.07, 6.45) is 1.16. The highest BCUT2D eigenvalue weighted by atomic mass is 16.3. The number of benzene rings is 2. The third-order valence-electron chi connectivity index (χ3n) is 3.32. The van der Waals surface area contributed by atoms with Crippen LogP contribution in [0.15, 0.2) is 48.5 Å². The zero-order valence-electron chi connectivity index (χ0n) is 11.9. The Hall–Kier alpha value is -2.33. The van der Waals surface area contributed by atoms with Gasteiger partial charge in [0.15, 0.2) is 0 Å². The average Bonchev–Trinajstić information content (AvgIpc) is 2.53. The van der Waals surface area contributed by atoms with Gasteiger partial charge in [-0.05, 0) is 35.2 Å². The summed E-state index contributed by atoms with van der Waals surface area (Å²) in [5.41, 5.74) is 9.35. The van der Waals surface area contributed by atoms with Crippen LogP contribution in [-0.4, -0.2) is 11.0 Å². The van der Waals surface area contributed by atoms with Crippen molar-refractivity contribution >= 4 is 11.6 Å². The highest BCUT2D eigenvalue weighted by molar-refractivity contribution is 5.76. The largest absolute Gasteiger partial charge is 0.399 e. The first-order valence-electron chi connectivity index (χ1n) is 6.97. The maximum Gasteiger partial charge on any atom is 0.220 e. The quantitative estimate of drug-likeness (QED) is 0.710. The minimum Gasteiger partial charge on any atom is -0.399 e. The number of nitrogens with two attached hydrogens (primary N) is 1. The van der Waals surface area contributed by atoms with Crippen LogP contribution in [0.1, 0.15) is 23.1 Å². The molecule has 0 bridgehead atoms. The second-order valence-electron chi connectivity index (χ2n) is 4.99. The van der Waals surface area contributed by atoms with E-state index in [1.165, 1.54) is 0 Å². The predicted molar refractivity (Wildman–Crippen MR) is 83.4 cm³/mol. The van der Waals surface area contributed by atoms with Gasteiger partial charge in [-0.1, -0.05) is 36.4 Å². The van der Waals surface area contributed by atoms with E-state index >= 15 is 0 Å². The van der Waals surface area contributed by atoms with Crippen LogP contribution in [0.4, 0.5) is 5.69 Å². The van der Waals surface area contributed by atoms with Crippen LogP contribution in [0.25, 0.3) is 0 Å². The number of amides is 1. The molecule has 0 aromatic heterocycles. The number of nitrogens with one attached hydrogen (secondary N) is 1. The molecule has 0 radical (unpaired) electrons. The van der Waals surface area contributed by atoms with E-state index in [1.54, 1.807) is 0 Å². The second kappa shape index (κ2) is 7.45. The molecule has 0 atom stereocenters. The molecule has 2 aromatic carbocycles. The number of carbonyl (C=O) groups is 1. The molecule has 2 aromatic rings. The van der Waals surface area contributed by atoms with Crippen molar-refractivity contribution in [2.45, 2.75) is 26.0 Å². The predicted octanol–water partition coefficient (Wildman–Crippen LogP) is 2.01. The van der Waals surface area contributed by atoms with E-state index in [0.29, 0.717) is 19.4 Å². The molecule has 0 heterocycles. The number of carbonyl (C=O) groups excluding carboxylic acids is 1. The van der Waals surface area contributed by atoms with Gasteiger partial charge in [0.1, 0.15) is 0 Å². The van der Waals surface area contributed by atoms with E-state index in [-0.39, 0.29) is 12.5 Å². The first-order valence-corrected chi connectivity index (χ1v) is 6.97. The number of hydrogen-bond acceptors (Lipinski definition) is 3. The number of aliphatic hydroxyl groups excluding tert-OH is 1. The highest BCUT2D eigenvalue weighted by Crippen LogP contribution is 2.08. The van der Waals surface area contributed by atoms with Crippen molar-refractivity contribution in [2.75, 3.05) is 5.73 Å². The minimum atomic E-state index is 0.0260. The maximum atomic E-state index is 11.8. The molecule has 0 aliphatic carbocycles. The zero-order valence-corrected chi connectivity index (χ0v) is 11.9. The topological polar surface area (TPSA) is 75.4 Å². The monoisotopic (exact) mass is 284 g/mol. The lowest BCUT2D eigenvalue weighted by Crippen LogP contribution is -2.22. The van der Waals surface area contributed by atoms with Crippen molar-refractivity contribution in [3.8, 4) is 0 Å². The summed E-state index contributed by atoms with van der Waals surface area (Å²) in [5, 5.41) is 11.9. The van der Waals surface area contributed by atoms with Crippen molar-refractivity contribution in [2.24, 2.45) is 0 Å². The fraction of sp³-hybridized carbons (Fsp3) is 0.235. The van der Waals surface area contributed by atoms with Gasteiger partial charge in [0.25, 0.3) is 0 Å². The van der Waals surface area contributed by atoms with Gasteiger partial charge in [-0.25, -0.2) is 0 Å². The lowest BCUT2D eigenvalue weighted by molar-refractivity contribution is -0.121. The molecule has 0 unspecified atom stereocenters. The summed E-state index contributed by atoms with van der Waals surface area (Å²) in [6, 6.07) is 15.1. The van der Waals surface area contributed by atoms with E-state index in [0.717, 1.165) is 22.4 Å². The molecule has 4 heteroatoms. The van der Waals surface area contributed by atoms with Crippen molar-refractivity contribution in [3.05, 3.63) is 65.2 Å². The standard InChI is InChI=1S/C17H20N2O2/c18-16-8-5-13(6-9-16)7-10-17(21)19-11-14-1-3-15(12-20)4-2-14/h1-6,8-9,20H,7,10-12,18H2,(H,19,21). The summed E-state index contributed by atoms with van der Waals surface area (Å²) in [7, 11) is 0. The Bertz CT molecular complexity index is 577. The van der Waals surface area contributed by atoms with E-state index < -0.39 is 0 Å². The molecule has 0 aliphatic heterocycles. The van der Waals surface area contributed by atoms with Crippen LogP contribution in [0.2, 0.25) is 0 Å². The molecule has 110 valence electrons. The number of aryl methyl sites for hydroxylation is 1. The Labute approximate surface area is 124 Å². The second-order valence-corrected chi connectivity index (χ2v) is 4.99. The molecule has 0 aliphatic rings. The van der Waals surface area contributed by atoms with Gasteiger partial charge in [0.05, 0.1) is 6.61 Å². The van der Waals surface area contributed by atoms with Crippen molar-refractivity contribution in [1.82, 2.24) is 5.32 Å². The Morgan fingerprint density at radius 3 is 2.14 bits per heavy atom. The summed E-state index contributed by atoms with van der Waals surface area (Å²) < 4.78 is 0. The van der Waals surface area contributed by atoms with Gasteiger partial charge in [-0.3, -0.25) is 4.79 Å². The van der Waals surface area contributed by atoms with Gasteiger partial charge in [-0.15, -0.1) is 0 Å². The molecule has 2 rings (SSSR count). The Balaban J connectivity index is 1.75. The van der Waals surface area contributed by atoms with E-state index in [1.807, 2.05) is 48.5 Å². The summed E-state index contributed by atoms with van der Waals surface area (Å²) >= 11 is 0. The van der Waals surface area contributed by atoms with Gasteiger partial charge < -0.3 is 16.2 Å². The third-order valence-corrected chi connectivity index (χ3v) is 3.32. The highest BCUT2D eigenvalue weighted by Gasteiger charge is 2.02. The van der Waals surface area contributed by atoms with Crippen LogP contribution in [0, 0.1) is 0 Å². The number of rotatable bonds is 6. The van der Waals surface area contributed by atoms with Crippen LogP contribution < -0.4 is 11.1 Å². The van der Waals surface area contributed by atoms with Gasteiger partial charge in [0.2, 0.25) is 5.91 Å². The van der Waals surface area contributed by atoms with Gasteiger partial charge >= 0.3 is 0 Å². The van der Waals surface area contributed by atoms with E-state index in [9.17, 15) is 4.79 Å². The molecule has 21 heavy (non-hydrogen) atoms. The molecule has 0 fully saturated rings. The average molecular weight is 284 g/mol. The molecule has 0 saturated heterocycles. The number of nitrogen functional groups attached to an aromatic ring is 1. The number of anilines is 1. The fourth-order valence-electron chi connectivity index (χ4n) is 1.99. The van der Waals surface area contributed by atoms with Crippen LogP contribution in [0.3, 0.4) is 0 Å². The summed E-state index contributed by atoms with van der Waals surface area (Å²) in [4.78, 5) is 11.8. The maximum absolute atomic E-state index is 11.8. The first-order chi connectivity index (χ1) is 10.2. The Morgan fingerprint density at radius 2 is 1.52 bits per heavy atom. The normalized spacial score (nSPS) is 10.3. The SMILES string of the molecule is Nc1ccc(CCC(=O)NCc2ccc(CO)cc2)cc1. The molecular formula is C17H20N2O2. The lowest BCUT2D eigenvalue weighted by Gasteiger charge is -2.06. The fourth-order valence-corrected chi connectivity index (χ4v) is 1.99. The minimum absolute atomic E-state index is 0.0260. The summed E-state index contributed by atoms with van der Waals surface area (Å²) in [6.45, 7) is 0.542. The molecular weight excluding hydrogens is 264 g/mol. The molecule has 1 amide bonds. The van der Waals surface area contributed by atoms with Crippen LogP contribution >= 0.6 is 0 Å². The Morgan fingerprint density at radius 1 is 0.952 bits per heavy atom. The molecule has 4 N–H and O–H groups in total. The van der Waals surface area contributed by atoms with Crippen LogP contribution in [0.5, 0.6) is 0 Å². The van der Waals surface area contributed by atoms with E-state index in [4.69, 9.17) is 10.8 Å². The molecule has 0 saturated carbocycles. The van der Waals surface area contributed by atoms with E-state index in [2.05, 4.69) is 5.32 Å².